The number of anilines is 1. The first-order valence-corrected chi connectivity index (χ1v) is 11.2. The van der Waals surface area contributed by atoms with Crippen LogP contribution in [0.1, 0.15) is 10.4 Å². The fourth-order valence-corrected chi connectivity index (χ4v) is 4.25. The summed E-state index contributed by atoms with van der Waals surface area (Å²) in [6.07, 6.45) is 0. The molecule has 11 heteroatoms. The van der Waals surface area contributed by atoms with Gasteiger partial charge in [0.1, 0.15) is 17.1 Å². The molecule has 0 saturated carbocycles. The third-order valence-electron chi connectivity index (χ3n) is 5.32. The van der Waals surface area contributed by atoms with Gasteiger partial charge in [-0.1, -0.05) is 42.1 Å². The largest absolute Gasteiger partial charge is 0.497 e. The summed E-state index contributed by atoms with van der Waals surface area (Å²) in [4.78, 5) is 37.6. The van der Waals surface area contributed by atoms with E-state index < -0.39 is 17.0 Å². The lowest BCUT2D eigenvalue weighted by atomic mass is 10.2. The average Bonchev–Trinajstić information content (AvgIpc) is 3.29. The number of benzene rings is 2. The maximum atomic E-state index is 13.0. The first-order chi connectivity index (χ1) is 16.3. The molecule has 0 amide bonds. The zero-order valence-corrected chi connectivity index (χ0v) is 19.6. The molecule has 10 nitrogen and oxygen atoms in total. The minimum Gasteiger partial charge on any atom is -0.497 e. The van der Waals surface area contributed by atoms with E-state index in [1.165, 1.54) is 14.1 Å². The van der Waals surface area contributed by atoms with Crippen molar-refractivity contribution in [1.29, 1.82) is 0 Å². The maximum absolute atomic E-state index is 13.0. The molecular formula is C23H22N6O4S. The number of carbonyl (C=O) groups is 1. The Bertz CT molecular complexity index is 1470. The van der Waals surface area contributed by atoms with Gasteiger partial charge in [0.2, 0.25) is 0 Å². The Kier molecular flexibility index (Phi) is 6.37. The Balaban J connectivity index is 1.72. The molecule has 0 fully saturated rings. The summed E-state index contributed by atoms with van der Waals surface area (Å²) in [5.74, 6) is 0.493. The third-order valence-corrected chi connectivity index (χ3v) is 6.25. The van der Waals surface area contributed by atoms with Gasteiger partial charge >= 0.3 is 5.69 Å². The second-order valence-corrected chi connectivity index (χ2v) is 8.33. The van der Waals surface area contributed by atoms with Crippen LogP contribution in [0.2, 0.25) is 0 Å². The summed E-state index contributed by atoms with van der Waals surface area (Å²) in [6, 6.07) is 16.9. The molecule has 0 unspecified atom stereocenters. The Morgan fingerprint density at radius 1 is 1.00 bits per heavy atom. The second-order valence-electron chi connectivity index (χ2n) is 7.38. The first-order valence-electron chi connectivity index (χ1n) is 10.2. The summed E-state index contributed by atoms with van der Waals surface area (Å²) in [5, 5.41) is 9.09. The van der Waals surface area contributed by atoms with Crippen molar-refractivity contribution >= 4 is 23.4 Å². The summed E-state index contributed by atoms with van der Waals surface area (Å²) in [7, 11) is 4.30. The fourth-order valence-electron chi connectivity index (χ4n) is 3.43. The van der Waals surface area contributed by atoms with Crippen molar-refractivity contribution in [2.24, 2.45) is 14.1 Å². The van der Waals surface area contributed by atoms with Gasteiger partial charge in [-0.25, -0.2) is 4.79 Å². The molecule has 0 saturated heterocycles. The van der Waals surface area contributed by atoms with Crippen LogP contribution in [-0.2, 0) is 14.1 Å². The molecule has 0 radical (unpaired) electrons. The van der Waals surface area contributed by atoms with Gasteiger partial charge in [0.15, 0.2) is 16.8 Å². The monoisotopic (exact) mass is 478 g/mol. The smallest absolute Gasteiger partial charge is 0.332 e. The number of carbonyl (C=O) groups excluding carboxylic acids is 1. The van der Waals surface area contributed by atoms with E-state index in [-0.39, 0.29) is 17.1 Å². The second kappa shape index (κ2) is 9.40. The van der Waals surface area contributed by atoms with Crippen LogP contribution in [0.15, 0.2) is 69.3 Å². The van der Waals surface area contributed by atoms with Crippen LogP contribution in [0.5, 0.6) is 5.75 Å². The molecule has 0 spiro atoms. The Hall–Kier alpha value is -4.12. The van der Waals surface area contributed by atoms with Gasteiger partial charge in [-0.05, 0) is 24.3 Å². The molecule has 0 aliphatic carbocycles. The van der Waals surface area contributed by atoms with E-state index in [4.69, 9.17) is 10.5 Å². The molecule has 0 aliphatic heterocycles. The molecule has 0 bridgehead atoms. The number of methoxy groups -OCH3 is 1. The van der Waals surface area contributed by atoms with Crippen molar-refractivity contribution in [2.75, 3.05) is 18.6 Å². The lowest BCUT2D eigenvalue weighted by molar-refractivity contribution is 0.102. The van der Waals surface area contributed by atoms with Gasteiger partial charge in [0.25, 0.3) is 5.56 Å². The molecule has 0 atom stereocenters. The lowest BCUT2D eigenvalue weighted by Gasteiger charge is -2.12. The van der Waals surface area contributed by atoms with E-state index in [1.54, 1.807) is 7.11 Å². The molecule has 174 valence electrons. The van der Waals surface area contributed by atoms with E-state index in [0.717, 1.165) is 32.1 Å². The lowest BCUT2D eigenvalue weighted by Crippen LogP contribution is -2.41. The Labute approximate surface area is 198 Å². The molecule has 2 aromatic carbocycles. The Morgan fingerprint density at radius 2 is 1.68 bits per heavy atom. The SMILES string of the molecule is COc1ccc(-n2c(SCC(=O)c3c(N)n(C)c(=O)n(C)c3=O)nnc2-c2ccccc2)cc1. The van der Waals surface area contributed by atoms with E-state index in [0.29, 0.717) is 16.7 Å². The van der Waals surface area contributed by atoms with Crippen LogP contribution in [0.4, 0.5) is 5.82 Å². The van der Waals surface area contributed by atoms with Gasteiger partial charge < -0.3 is 10.5 Å². The highest BCUT2D eigenvalue weighted by Gasteiger charge is 2.22. The number of Topliss-reactive ketones (excluding diaryl/α,β-unsaturated/α-hetero) is 1. The van der Waals surface area contributed by atoms with Crippen molar-refractivity contribution in [3.63, 3.8) is 0 Å². The van der Waals surface area contributed by atoms with Gasteiger partial charge in [0.05, 0.1) is 12.9 Å². The number of ether oxygens (including phenoxy) is 1. The number of aromatic nitrogens is 5. The number of rotatable bonds is 7. The van der Waals surface area contributed by atoms with Crippen molar-refractivity contribution < 1.29 is 9.53 Å². The predicted molar refractivity (Wildman–Crippen MR) is 130 cm³/mol. The number of hydrogen-bond acceptors (Lipinski definition) is 8. The average molecular weight is 479 g/mol. The molecule has 2 aromatic heterocycles. The minimum atomic E-state index is -0.729. The molecule has 34 heavy (non-hydrogen) atoms. The van der Waals surface area contributed by atoms with E-state index in [2.05, 4.69) is 10.2 Å². The van der Waals surface area contributed by atoms with Gasteiger partial charge in [-0.3, -0.25) is 23.3 Å². The molecular weight excluding hydrogens is 456 g/mol. The maximum Gasteiger partial charge on any atom is 0.332 e. The summed E-state index contributed by atoms with van der Waals surface area (Å²) >= 11 is 1.12. The van der Waals surface area contributed by atoms with Gasteiger partial charge in [-0.2, -0.15) is 0 Å². The number of thioether (sulfide) groups is 1. The van der Waals surface area contributed by atoms with Crippen LogP contribution >= 0.6 is 11.8 Å². The van der Waals surface area contributed by atoms with Gasteiger partial charge in [-0.15, -0.1) is 10.2 Å². The highest BCUT2D eigenvalue weighted by molar-refractivity contribution is 7.99. The van der Waals surface area contributed by atoms with E-state index in [9.17, 15) is 14.4 Å². The molecule has 0 aliphatic rings. The summed E-state index contributed by atoms with van der Waals surface area (Å²) < 4.78 is 9.02. The fraction of sp³-hybridized carbons (Fsp3) is 0.174. The normalized spacial score (nSPS) is 10.9. The third kappa shape index (κ3) is 4.13. The molecule has 2 N–H and O–H groups in total. The highest BCUT2D eigenvalue weighted by Crippen LogP contribution is 2.29. The summed E-state index contributed by atoms with van der Waals surface area (Å²) in [5.41, 5.74) is 5.99. The zero-order chi connectivity index (χ0) is 24.4. The van der Waals surface area contributed by atoms with Crippen LogP contribution in [0, 0.1) is 0 Å². The van der Waals surface area contributed by atoms with Gasteiger partial charge in [0, 0.05) is 25.3 Å². The highest BCUT2D eigenvalue weighted by atomic mass is 32.2. The van der Waals surface area contributed by atoms with Crippen molar-refractivity contribution in [2.45, 2.75) is 5.16 Å². The van der Waals surface area contributed by atoms with Crippen LogP contribution in [-0.4, -0.2) is 42.5 Å². The molecule has 4 rings (SSSR count). The zero-order valence-electron chi connectivity index (χ0n) is 18.8. The molecule has 2 heterocycles. The van der Waals surface area contributed by atoms with E-state index in [1.807, 2.05) is 59.2 Å². The van der Waals surface area contributed by atoms with Crippen LogP contribution in [0.25, 0.3) is 17.1 Å². The number of hydrogen-bond donors (Lipinski definition) is 1. The van der Waals surface area contributed by atoms with Crippen molar-refractivity contribution in [3.05, 3.63) is 81.0 Å². The van der Waals surface area contributed by atoms with Crippen LogP contribution < -0.4 is 21.7 Å². The Morgan fingerprint density at radius 3 is 2.32 bits per heavy atom. The number of nitrogens with two attached hydrogens (primary N) is 1. The minimum absolute atomic E-state index is 0.124. The number of nitrogen functional groups attached to an aromatic ring is 1. The first kappa shape index (κ1) is 23.1. The summed E-state index contributed by atoms with van der Waals surface area (Å²) in [6.45, 7) is 0. The standard InChI is InChI=1S/C23H22N6O4S/c1-27-19(24)18(21(31)28(2)23(27)32)17(30)13-34-22-26-25-20(14-7-5-4-6-8-14)29(22)15-9-11-16(33-3)12-10-15/h4-12H,13,24H2,1-3H3. The quantitative estimate of drug-likeness (QED) is 0.315. The number of ketones is 1. The van der Waals surface area contributed by atoms with Crippen molar-refractivity contribution in [3.8, 4) is 22.8 Å². The van der Waals surface area contributed by atoms with Crippen molar-refractivity contribution in [1.82, 2.24) is 23.9 Å². The predicted octanol–water partition coefficient (Wildman–Crippen LogP) is 1.90. The molecule has 4 aromatic rings. The topological polar surface area (TPSA) is 127 Å². The number of nitrogens with zero attached hydrogens (tertiary/aromatic N) is 5. The van der Waals surface area contributed by atoms with E-state index >= 15 is 0 Å². The van der Waals surface area contributed by atoms with Crippen LogP contribution in [0.3, 0.4) is 0 Å².